The van der Waals surface area contributed by atoms with Gasteiger partial charge < -0.3 is 0 Å². The molecule has 0 aliphatic rings. The van der Waals surface area contributed by atoms with E-state index in [1.165, 1.54) is 0 Å². The van der Waals surface area contributed by atoms with Crippen LogP contribution in [-0.2, 0) is 0 Å². The molecule has 0 N–H and O–H groups in total. The van der Waals surface area contributed by atoms with Gasteiger partial charge in [0.15, 0.2) is 0 Å². The summed E-state index contributed by atoms with van der Waals surface area (Å²) in [5, 5.41) is 0.606. The molecule has 0 aromatic heterocycles. The monoisotopic (exact) mass is 204 g/mol. The van der Waals surface area contributed by atoms with Crippen molar-refractivity contribution in [2.24, 2.45) is 0 Å². The number of allylic oxidation sites excluding steroid dienone is 3. The summed E-state index contributed by atoms with van der Waals surface area (Å²) in [6.45, 7) is 11.2. The van der Waals surface area contributed by atoms with Gasteiger partial charge in [-0.2, -0.15) is 11.8 Å². The molecule has 0 saturated carbocycles. The fourth-order valence-electron chi connectivity index (χ4n) is 0.515. The molecule has 0 aromatic rings. The van der Waals surface area contributed by atoms with Crippen LogP contribution >= 0.6 is 23.4 Å². The SMILES string of the molecule is C=C/C=C(/CSC)C(=C)Cl.CC. The van der Waals surface area contributed by atoms with Gasteiger partial charge in [-0.05, 0) is 11.8 Å². The van der Waals surface area contributed by atoms with Gasteiger partial charge in [-0.3, -0.25) is 0 Å². The van der Waals surface area contributed by atoms with Crippen LogP contribution in [0.3, 0.4) is 0 Å². The second-order valence-corrected chi connectivity index (χ2v) is 3.09. The molecule has 0 saturated heterocycles. The minimum absolute atomic E-state index is 0.606. The summed E-state index contributed by atoms with van der Waals surface area (Å²) in [6, 6.07) is 0. The molecule has 0 aliphatic heterocycles. The molecule has 0 aromatic carbocycles. The highest BCUT2D eigenvalue weighted by Crippen LogP contribution is 2.16. The third kappa shape index (κ3) is 7.96. The first-order chi connectivity index (χ1) is 5.72. The molecule has 0 aliphatic carbocycles. The van der Waals surface area contributed by atoms with Gasteiger partial charge in [0.1, 0.15) is 0 Å². The molecule has 0 spiro atoms. The Bertz CT molecular complexity index is 159. The van der Waals surface area contributed by atoms with E-state index in [4.69, 9.17) is 11.6 Å². The summed E-state index contributed by atoms with van der Waals surface area (Å²) >= 11 is 7.39. The van der Waals surface area contributed by atoms with Gasteiger partial charge in [0.25, 0.3) is 0 Å². The van der Waals surface area contributed by atoms with Gasteiger partial charge in [-0.25, -0.2) is 0 Å². The second kappa shape index (κ2) is 10.9. The fraction of sp³-hybridized carbons (Fsp3) is 0.400. The van der Waals surface area contributed by atoms with Crippen LogP contribution in [-0.4, -0.2) is 12.0 Å². The topological polar surface area (TPSA) is 0 Å². The average molecular weight is 205 g/mol. The molecule has 0 rings (SSSR count). The molecule has 70 valence electrons. The third-order valence-corrected chi connectivity index (χ3v) is 1.81. The molecule has 0 amide bonds. The smallest absolute Gasteiger partial charge is 0.0374 e. The number of thioether (sulfide) groups is 1. The standard InChI is InChI=1S/C8H11ClS.C2H6/c1-4-5-8(6-10-3)7(2)9;1-2/h4-5H,1-2,6H2,3H3;1-2H3/b8-5-;. The largest absolute Gasteiger partial charge is 0.161 e. The number of hydrogen-bond donors (Lipinski definition) is 0. The van der Waals surface area contributed by atoms with E-state index in [1.54, 1.807) is 17.8 Å². The van der Waals surface area contributed by atoms with Crippen molar-refractivity contribution in [1.29, 1.82) is 0 Å². The quantitative estimate of drug-likeness (QED) is 0.618. The predicted octanol–water partition coefficient (Wildman–Crippen LogP) is 4.24. The van der Waals surface area contributed by atoms with Crippen molar-refractivity contribution in [3.8, 4) is 0 Å². The summed E-state index contributed by atoms with van der Waals surface area (Å²) in [7, 11) is 0. The van der Waals surface area contributed by atoms with E-state index in [-0.39, 0.29) is 0 Å². The molecule has 12 heavy (non-hydrogen) atoms. The van der Waals surface area contributed by atoms with E-state index in [1.807, 2.05) is 26.2 Å². The van der Waals surface area contributed by atoms with Crippen molar-refractivity contribution >= 4 is 23.4 Å². The summed E-state index contributed by atoms with van der Waals surface area (Å²) in [4.78, 5) is 0. The Balaban J connectivity index is 0. The van der Waals surface area contributed by atoms with Crippen molar-refractivity contribution in [3.63, 3.8) is 0 Å². The first-order valence-corrected chi connectivity index (χ1v) is 5.65. The summed E-state index contributed by atoms with van der Waals surface area (Å²) in [6.07, 6.45) is 5.63. The Kier molecular flexibility index (Phi) is 13.0. The lowest BCUT2D eigenvalue weighted by Gasteiger charge is -1.99. The molecule has 0 heterocycles. The maximum atomic E-state index is 5.68. The van der Waals surface area contributed by atoms with Gasteiger partial charge >= 0.3 is 0 Å². The Morgan fingerprint density at radius 1 is 1.50 bits per heavy atom. The fourth-order valence-corrected chi connectivity index (χ4v) is 1.31. The first-order valence-electron chi connectivity index (χ1n) is 3.87. The highest BCUT2D eigenvalue weighted by molar-refractivity contribution is 7.98. The Hall–Kier alpha value is -0.140. The molecule has 0 atom stereocenters. The molecule has 0 bridgehead atoms. The van der Waals surface area contributed by atoms with Crippen LogP contribution in [0.4, 0.5) is 0 Å². The van der Waals surface area contributed by atoms with Crippen molar-refractivity contribution < 1.29 is 0 Å². The summed E-state index contributed by atoms with van der Waals surface area (Å²) in [5.74, 6) is 0.897. The van der Waals surface area contributed by atoms with Crippen LogP contribution in [0.15, 0.2) is 35.9 Å². The molecular formula is C10H17ClS. The zero-order valence-electron chi connectivity index (χ0n) is 8.06. The second-order valence-electron chi connectivity index (χ2n) is 1.77. The Morgan fingerprint density at radius 3 is 2.25 bits per heavy atom. The molecule has 0 radical (unpaired) electrons. The lowest BCUT2D eigenvalue weighted by atomic mass is 10.3. The van der Waals surface area contributed by atoms with E-state index in [0.29, 0.717) is 5.03 Å². The maximum Gasteiger partial charge on any atom is 0.0374 e. The molecule has 2 heteroatoms. The molecule has 0 fully saturated rings. The third-order valence-electron chi connectivity index (χ3n) is 0.967. The van der Waals surface area contributed by atoms with Gasteiger partial charge in [-0.15, -0.1) is 0 Å². The van der Waals surface area contributed by atoms with Crippen molar-refractivity contribution in [3.05, 3.63) is 35.9 Å². The molecular weight excluding hydrogens is 188 g/mol. The van der Waals surface area contributed by atoms with Crippen molar-refractivity contribution in [2.75, 3.05) is 12.0 Å². The van der Waals surface area contributed by atoms with Crippen LogP contribution in [0.2, 0.25) is 0 Å². The van der Waals surface area contributed by atoms with E-state index < -0.39 is 0 Å². The van der Waals surface area contributed by atoms with E-state index in [9.17, 15) is 0 Å². The van der Waals surface area contributed by atoms with Crippen LogP contribution in [0, 0.1) is 0 Å². The summed E-state index contributed by atoms with van der Waals surface area (Å²) in [5.41, 5.74) is 1.05. The maximum absolute atomic E-state index is 5.68. The van der Waals surface area contributed by atoms with Gasteiger partial charge in [-0.1, -0.05) is 50.8 Å². The normalized spacial score (nSPS) is 9.83. The highest BCUT2D eigenvalue weighted by Gasteiger charge is 1.95. The predicted molar refractivity (Wildman–Crippen MR) is 63.0 cm³/mol. The van der Waals surface area contributed by atoms with Gasteiger partial charge in [0.05, 0.1) is 0 Å². The Labute approximate surface area is 85.4 Å². The first kappa shape index (κ1) is 14.4. The van der Waals surface area contributed by atoms with E-state index in [0.717, 1.165) is 11.3 Å². The minimum Gasteiger partial charge on any atom is -0.161 e. The van der Waals surface area contributed by atoms with Crippen molar-refractivity contribution in [2.45, 2.75) is 13.8 Å². The van der Waals surface area contributed by atoms with Crippen LogP contribution in [0.1, 0.15) is 13.8 Å². The van der Waals surface area contributed by atoms with E-state index >= 15 is 0 Å². The van der Waals surface area contributed by atoms with Crippen LogP contribution in [0.5, 0.6) is 0 Å². The van der Waals surface area contributed by atoms with E-state index in [2.05, 4.69) is 13.2 Å². The lowest BCUT2D eigenvalue weighted by Crippen LogP contribution is -1.84. The molecule has 0 nitrogen and oxygen atoms in total. The van der Waals surface area contributed by atoms with Crippen molar-refractivity contribution in [1.82, 2.24) is 0 Å². The van der Waals surface area contributed by atoms with Crippen LogP contribution < -0.4 is 0 Å². The number of hydrogen-bond acceptors (Lipinski definition) is 1. The zero-order valence-corrected chi connectivity index (χ0v) is 9.63. The Morgan fingerprint density at radius 2 is 2.00 bits per heavy atom. The highest BCUT2D eigenvalue weighted by atomic mass is 35.5. The zero-order chi connectivity index (χ0) is 9.98. The number of halogens is 1. The number of rotatable bonds is 4. The van der Waals surface area contributed by atoms with Gasteiger partial charge in [0.2, 0.25) is 0 Å². The summed E-state index contributed by atoms with van der Waals surface area (Å²) < 4.78 is 0. The molecule has 0 unspecified atom stereocenters. The van der Waals surface area contributed by atoms with Gasteiger partial charge in [0, 0.05) is 10.8 Å². The minimum atomic E-state index is 0.606. The average Bonchev–Trinajstić information content (AvgIpc) is 2.08. The van der Waals surface area contributed by atoms with Crippen LogP contribution in [0.25, 0.3) is 0 Å². The lowest BCUT2D eigenvalue weighted by molar-refractivity contribution is 1.50.